The number of aromatic nitrogens is 1. The van der Waals surface area contributed by atoms with Crippen LogP contribution >= 0.6 is 0 Å². The van der Waals surface area contributed by atoms with Gasteiger partial charge in [0.15, 0.2) is 15.4 Å². The maximum absolute atomic E-state index is 12.9. The maximum atomic E-state index is 12.9. The van der Waals surface area contributed by atoms with Crippen LogP contribution in [-0.4, -0.2) is 62.9 Å². The molecule has 0 bridgehead atoms. The molecule has 2 aromatic rings. The van der Waals surface area contributed by atoms with Crippen molar-refractivity contribution in [1.82, 2.24) is 9.29 Å². The molecule has 2 unspecified atom stereocenters. The first-order valence-corrected chi connectivity index (χ1v) is 10.5. The molecule has 3 heterocycles. The quantitative estimate of drug-likeness (QED) is 0.737. The zero-order valence-electron chi connectivity index (χ0n) is 12.3. The predicted molar refractivity (Wildman–Crippen MR) is 82.9 cm³/mol. The summed E-state index contributed by atoms with van der Waals surface area (Å²) in [6.07, 6.45) is -0.646. The number of hydrogen-bond donors (Lipinski definition) is 1. The third-order valence-corrected chi connectivity index (χ3v) is 7.89. The van der Waals surface area contributed by atoms with Gasteiger partial charge in [0, 0.05) is 12.6 Å². The van der Waals surface area contributed by atoms with Crippen LogP contribution in [-0.2, 0) is 24.6 Å². The number of morpholine rings is 1. The number of ether oxygens (including phenoxy) is 1. The molecule has 2 fully saturated rings. The summed E-state index contributed by atoms with van der Waals surface area (Å²) in [7, 11) is -7.27. The van der Waals surface area contributed by atoms with Crippen molar-refractivity contribution in [3.8, 4) is 0 Å². The van der Waals surface area contributed by atoms with Gasteiger partial charge in [0.25, 0.3) is 0 Å². The van der Waals surface area contributed by atoms with Crippen molar-refractivity contribution in [3.63, 3.8) is 0 Å². The van der Waals surface area contributed by atoms with Crippen LogP contribution in [0.25, 0.3) is 11.1 Å². The van der Waals surface area contributed by atoms with E-state index >= 15 is 0 Å². The molecule has 4 rings (SSSR count). The normalized spacial score (nSPS) is 27.3. The first kappa shape index (κ1) is 15.8. The Hall–Kier alpha value is -1.69. The molecule has 24 heavy (non-hydrogen) atoms. The van der Waals surface area contributed by atoms with E-state index in [0.29, 0.717) is 5.52 Å². The van der Waals surface area contributed by atoms with E-state index in [0.717, 1.165) is 0 Å². The largest absolute Gasteiger partial charge is 0.417 e. The van der Waals surface area contributed by atoms with Gasteiger partial charge in [-0.05, 0) is 12.1 Å². The van der Waals surface area contributed by atoms with Gasteiger partial charge in [-0.2, -0.15) is 4.31 Å². The molecule has 2 saturated heterocycles. The Kier molecular flexibility index (Phi) is 3.39. The lowest BCUT2D eigenvalue weighted by atomic mass is 10.2. The average Bonchev–Trinajstić information content (AvgIpc) is 3.02. The monoisotopic (exact) mass is 374 g/mol. The van der Waals surface area contributed by atoms with Gasteiger partial charge in [0.2, 0.25) is 10.0 Å². The molecule has 1 N–H and O–H groups in total. The Morgan fingerprint density at radius 2 is 2.04 bits per heavy atom. The van der Waals surface area contributed by atoms with Crippen LogP contribution in [0.4, 0.5) is 0 Å². The molecule has 1 aromatic heterocycles. The third kappa shape index (κ3) is 2.48. The fourth-order valence-electron chi connectivity index (χ4n) is 3.20. The summed E-state index contributed by atoms with van der Waals surface area (Å²) < 4.78 is 61.0. The molecule has 0 amide bonds. The van der Waals surface area contributed by atoms with Gasteiger partial charge in [-0.1, -0.05) is 0 Å². The van der Waals surface area contributed by atoms with E-state index in [1.165, 1.54) is 22.5 Å². The van der Waals surface area contributed by atoms with Crippen LogP contribution in [0, 0.1) is 0 Å². The number of sulfone groups is 1. The Balaban J connectivity index is 1.76. The first-order valence-electron chi connectivity index (χ1n) is 7.23. The van der Waals surface area contributed by atoms with Crippen molar-refractivity contribution in [2.24, 2.45) is 0 Å². The SMILES string of the molecule is O=c1[nH]c2ccc(S(=O)(=O)N3CCOC4CS(=O)(=O)CC43)cc2o1. The molecule has 0 saturated carbocycles. The molecular formula is C13H14N2O7S2. The number of oxazole rings is 1. The minimum atomic E-state index is -3.94. The van der Waals surface area contributed by atoms with Crippen molar-refractivity contribution in [3.05, 3.63) is 28.7 Å². The van der Waals surface area contributed by atoms with E-state index in [9.17, 15) is 21.6 Å². The molecular weight excluding hydrogens is 360 g/mol. The summed E-state index contributed by atoms with van der Waals surface area (Å²) in [6, 6.07) is 3.33. The number of fused-ring (bicyclic) bond motifs is 2. The maximum Gasteiger partial charge on any atom is 0.417 e. The highest BCUT2D eigenvalue weighted by atomic mass is 32.2. The lowest BCUT2D eigenvalue weighted by molar-refractivity contribution is -0.0141. The summed E-state index contributed by atoms with van der Waals surface area (Å²) in [5.41, 5.74) is 0.521. The lowest BCUT2D eigenvalue weighted by Crippen LogP contribution is -2.53. The number of hydrogen-bond acceptors (Lipinski definition) is 7. The lowest BCUT2D eigenvalue weighted by Gasteiger charge is -2.35. The van der Waals surface area contributed by atoms with E-state index in [2.05, 4.69) is 4.98 Å². The number of H-pyrrole nitrogens is 1. The summed E-state index contributed by atoms with van der Waals surface area (Å²) in [5.74, 6) is -1.10. The second kappa shape index (κ2) is 5.15. The second-order valence-electron chi connectivity index (χ2n) is 5.84. The Morgan fingerprint density at radius 3 is 2.83 bits per heavy atom. The zero-order chi connectivity index (χ0) is 17.1. The van der Waals surface area contributed by atoms with Gasteiger partial charge >= 0.3 is 5.76 Å². The topological polar surface area (TPSA) is 127 Å². The number of benzene rings is 1. The number of nitrogens with one attached hydrogen (secondary N) is 1. The number of aromatic amines is 1. The Labute approximate surface area is 137 Å². The summed E-state index contributed by atoms with van der Waals surface area (Å²) in [4.78, 5) is 13.6. The Morgan fingerprint density at radius 1 is 1.25 bits per heavy atom. The van der Waals surface area contributed by atoms with E-state index in [-0.39, 0.29) is 35.1 Å². The van der Waals surface area contributed by atoms with Crippen LogP contribution in [0.3, 0.4) is 0 Å². The fourth-order valence-corrected chi connectivity index (χ4v) is 6.82. The van der Waals surface area contributed by atoms with Gasteiger partial charge in [-0.25, -0.2) is 21.6 Å². The van der Waals surface area contributed by atoms with E-state index in [4.69, 9.17) is 9.15 Å². The van der Waals surface area contributed by atoms with Gasteiger partial charge < -0.3 is 9.15 Å². The minimum Gasteiger partial charge on any atom is -0.408 e. The van der Waals surface area contributed by atoms with Crippen molar-refractivity contribution in [2.75, 3.05) is 24.7 Å². The predicted octanol–water partition coefficient (Wildman–Crippen LogP) is -0.692. The number of nitrogens with zero attached hydrogens (tertiary/aromatic N) is 1. The molecule has 11 heteroatoms. The highest BCUT2D eigenvalue weighted by Gasteiger charge is 2.48. The smallest absolute Gasteiger partial charge is 0.408 e. The molecule has 1 aromatic carbocycles. The summed E-state index contributed by atoms with van der Waals surface area (Å²) in [6.45, 7) is 0.214. The highest BCUT2D eigenvalue weighted by molar-refractivity contribution is 7.92. The van der Waals surface area contributed by atoms with E-state index in [1.807, 2.05) is 0 Å². The fraction of sp³-hybridized carbons (Fsp3) is 0.462. The molecule has 2 atom stereocenters. The van der Waals surface area contributed by atoms with Crippen molar-refractivity contribution < 1.29 is 26.0 Å². The number of rotatable bonds is 2. The van der Waals surface area contributed by atoms with Gasteiger partial charge in [0.05, 0.1) is 40.7 Å². The zero-order valence-corrected chi connectivity index (χ0v) is 14.0. The van der Waals surface area contributed by atoms with Crippen LogP contribution in [0.5, 0.6) is 0 Å². The second-order valence-corrected chi connectivity index (χ2v) is 9.89. The summed E-state index contributed by atoms with van der Waals surface area (Å²) >= 11 is 0. The average molecular weight is 374 g/mol. The molecule has 2 aliphatic rings. The third-order valence-electron chi connectivity index (χ3n) is 4.28. The van der Waals surface area contributed by atoms with E-state index in [1.54, 1.807) is 0 Å². The van der Waals surface area contributed by atoms with Gasteiger partial charge in [0.1, 0.15) is 0 Å². The molecule has 0 radical (unpaired) electrons. The van der Waals surface area contributed by atoms with Gasteiger partial charge in [-0.3, -0.25) is 4.98 Å². The van der Waals surface area contributed by atoms with Crippen molar-refractivity contribution >= 4 is 31.0 Å². The minimum absolute atomic E-state index is 0.0531. The van der Waals surface area contributed by atoms with E-state index < -0.39 is 37.8 Å². The van der Waals surface area contributed by atoms with Crippen molar-refractivity contribution in [2.45, 2.75) is 17.0 Å². The molecule has 9 nitrogen and oxygen atoms in total. The molecule has 0 aliphatic carbocycles. The van der Waals surface area contributed by atoms with Crippen LogP contribution in [0.15, 0.2) is 32.3 Å². The van der Waals surface area contributed by atoms with Crippen molar-refractivity contribution in [1.29, 1.82) is 0 Å². The number of sulfonamides is 1. The summed E-state index contributed by atoms with van der Waals surface area (Å²) in [5, 5.41) is 0. The molecule has 130 valence electrons. The highest BCUT2D eigenvalue weighted by Crippen LogP contribution is 2.30. The molecule has 2 aliphatic heterocycles. The van der Waals surface area contributed by atoms with Gasteiger partial charge in [-0.15, -0.1) is 0 Å². The first-order chi connectivity index (χ1) is 11.3. The van der Waals surface area contributed by atoms with Crippen LogP contribution in [0.1, 0.15) is 0 Å². The Bertz CT molecular complexity index is 1070. The van der Waals surface area contributed by atoms with Crippen LogP contribution < -0.4 is 5.76 Å². The standard InChI is InChI=1S/C13H14N2O7S2/c16-13-14-9-2-1-8(5-11(9)22-13)24(19,20)15-3-4-21-12-7-23(17,18)6-10(12)15/h1-2,5,10,12H,3-4,6-7H2,(H,14,16). The van der Waals surface area contributed by atoms with Crippen LogP contribution in [0.2, 0.25) is 0 Å². The molecule has 0 spiro atoms.